The molecule has 0 spiro atoms. The Balaban J connectivity index is 1.18. The van der Waals surface area contributed by atoms with E-state index in [0.717, 1.165) is 55.4 Å². The van der Waals surface area contributed by atoms with Crippen LogP contribution in [0.5, 0.6) is 5.75 Å². The molecule has 2 aliphatic heterocycles. The van der Waals surface area contributed by atoms with Gasteiger partial charge in [0.05, 0.1) is 0 Å². The van der Waals surface area contributed by atoms with E-state index in [2.05, 4.69) is 17.0 Å². The second kappa shape index (κ2) is 9.64. The number of para-hydroxylation sites is 1. The van der Waals surface area contributed by atoms with Gasteiger partial charge < -0.3 is 14.5 Å². The highest BCUT2D eigenvalue weighted by Gasteiger charge is 2.22. The zero-order valence-corrected chi connectivity index (χ0v) is 17.6. The standard InChI is InChI=1S/C24H29ClN2O2/c25-22-9-7-19(8-10-22)20-11-15-26(16-12-20)13-3-4-14-27-17-21-5-1-2-6-23(21)29-18-24(27)28/h1-2,5-10,20H,3-4,11-18H2. The number of carbonyl (C=O) groups is 1. The van der Waals surface area contributed by atoms with E-state index in [1.807, 2.05) is 41.3 Å². The van der Waals surface area contributed by atoms with Gasteiger partial charge in [-0.15, -0.1) is 0 Å². The summed E-state index contributed by atoms with van der Waals surface area (Å²) in [5.74, 6) is 1.58. The molecule has 2 aromatic rings. The van der Waals surface area contributed by atoms with Crippen LogP contribution in [0, 0.1) is 0 Å². The molecule has 154 valence electrons. The number of ether oxygens (including phenoxy) is 1. The quantitative estimate of drug-likeness (QED) is 0.643. The summed E-state index contributed by atoms with van der Waals surface area (Å²) >= 11 is 6.00. The van der Waals surface area contributed by atoms with Crippen molar-refractivity contribution in [1.29, 1.82) is 0 Å². The molecular weight excluding hydrogens is 384 g/mol. The molecule has 1 amide bonds. The van der Waals surface area contributed by atoms with Crippen LogP contribution in [0.4, 0.5) is 0 Å². The van der Waals surface area contributed by atoms with Crippen molar-refractivity contribution in [2.24, 2.45) is 0 Å². The molecule has 0 radical (unpaired) electrons. The molecule has 5 heteroatoms. The van der Waals surface area contributed by atoms with Gasteiger partial charge in [0.2, 0.25) is 0 Å². The summed E-state index contributed by atoms with van der Waals surface area (Å²) in [4.78, 5) is 16.9. The lowest BCUT2D eigenvalue weighted by Gasteiger charge is -2.32. The molecule has 2 aliphatic rings. The van der Waals surface area contributed by atoms with Crippen LogP contribution in [-0.2, 0) is 11.3 Å². The number of halogens is 1. The maximum Gasteiger partial charge on any atom is 0.260 e. The monoisotopic (exact) mass is 412 g/mol. The third-order valence-corrected chi connectivity index (χ3v) is 6.37. The summed E-state index contributed by atoms with van der Waals surface area (Å²) in [6.45, 7) is 5.02. The van der Waals surface area contributed by atoms with E-state index in [9.17, 15) is 4.79 Å². The first-order chi connectivity index (χ1) is 14.2. The minimum Gasteiger partial charge on any atom is -0.483 e. The number of hydrogen-bond donors (Lipinski definition) is 0. The fraction of sp³-hybridized carbons (Fsp3) is 0.458. The van der Waals surface area contributed by atoms with E-state index in [-0.39, 0.29) is 12.5 Å². The Kier molecular flexibility index (Phi) is 6.73. The first kappa shape index (κ1) is 20.2. The van der Waals surface area contributed by atoms with E-state index in [1.54, 1.807) is 0 Å². The number of unbranched alkanes of at least 4 members (excludes halogenated alkanes) is 1. The highest BCUT2D eigenvalue weighted by atomic mass is 35.5. The van der Waals surface area contributed by atoms with Crippen molar-refractivity contribution in [2.75, 3.05) is 32.8 Å². The van der Waals surface area contributed by atoms with Gasteiger partial charge in [-0.2, -0.15) is 0 Å². The molecule has 29 heavy (non-hydrogen) atoms. The predicted molar refractivity (Wildman–Crippen MR) is 116 cm³/mol. The van der Waals surface area contributed by atoms with Crippen LogP contribution >= 0.6 is 11.6 Å². The number of rotatable bonds is 6. The Hall–Kier alpha value is -2.04. The van der Waals surface area contributed by atoms with Gasteiger partial charge in [-0.05, 0) is 75.0 Å². The molecular formula is C24H29ClN2O2. The molecule has 0 aliphatic carbocycles. The molecule has 1 fully saturated rings. The summed E-state index contributed by atoms with van der Waals surface area (Å²) in [6.07, 6.45) is 4.57. The number of amides is 1. The molecule has 0 unspecified atom stereocenters. The summed E-state index contributed by atoms with van der Waals surface area (Å²) in [6, 6.07) is 16.3. The van der Waals surface area contributed by atoms with Gasteiger partial charge in [-0.1, -0.05) is 41.9 Å². The van der Waals surface area contributed by atoms with E-state index in [1.165, 1.54) is 18.4 Å². The second-order valence-electron chi connectivity index (χ2n) is 8.09. The maximum absolute atomic E-state index is 12.4. The minimum absolute atomic E-state index is 0.0879. The van der Waals surface area contributed by atoms with E-state index in [4.69, 9.17) is 16.3 Å². The van der Waals surface area contributed by atoms with Gasteiger partial charge >= 0.3 is 0 Å². The van der Waals surface area contributed by atoms with Gasteiger partial charge in [0, 0.05) is 23.7 Å². The second-order valence-corrected chi connectivity index (χ2v) is 8.52. The average molecular weight is 413 g/mol. The summed E-state index contributed by atoms with van der Waals surface area (Å²) in [5.41, 5.74) is 2.51. The van der Waals surface area contributed by atoms with E-state index < -0.39 is 0 Å². The zero-order valence-electron chi connectivity index (χ0n) is 16.9. The predicted octanol–water partition coefficient (Wildman–Crippen LogP) is 4.72. The Bertz CT molecular complexity index is 816. The molecule has 2 aromatic carbocycles. The van der Waals surface area contributed by atoms with Gasteiger partial charge in [-0.3, -0.25) is 4.79 Å². The lowest BCUT2D eigenvalue weighted by atomic mass is 9.89. The molecule has 4 nitrogen and oxygen atoms in total. The Labute approximate surface area is 178 Å². The molecule has 0 saturated carbocycles. The maximum atomic E-state index is 12.4. The van der Waals surface area contributed by atoms with Crippen molar-refractivity contribution in [2.45, 2.75) is 38.1 Å². The van der Waals surface area contributed by atoms with Crippen LogP contribution in [0.3, 0.4) is 0 Å². The highest BCUT2D eigenvalue weighted by Crippen LogP contribution is 2.29. The molecule has 0 atom stereocenters. The fourth-order valence-electron chi connectivity index (χ4n) is 4.37. The Morgan fingerprint density at radius 2 is 1.69 bits per heavy atom. The topological polar surface area (TPSA) is 32.8 Å². The van der Waals surface area contributed by atoms with Crippen molar-refractivity contribution >= 4 is 17.5 Å². The molecule has 2 heterocycles. The third-order valence-electron chi connectivity index (χ3n) is 6.12. The van der Waals surface area contributed by atoms with Crippen molar-refractivity contribution in [3.8, 4) is 5.75 Å². The summed E-state index contributed by atoms with van der Waals surface area (Å²) < 4.78 is 5.64. The lowest BCUT2D eigenvalue weighted by molar-refractivity contribution is -0.133. The highest BCUT2D eigenvalue weighted by molar-refractivity contribution is 6.30. The van der Waals surface area contributed by atoms with Crippen LogP contribution in [0.25, 0.3) is 0 Å². The fourth-order valence-corrected chi connectivity index (χ4v) is 4.49. The van der Waals surface area contributed by atoms with Crippen LogP contribution in [-0.4, -0.2) is 48.5 Å². The van der Waals surface area contributed by atoms with Crippen molar-refractivity contribution in [1.82, 2.24) is 9.80 Å². The van der Waals surface area contributed by atoms with Gasteiger partial charge in [-0.25, -0.2) is 0 Å². The lowest BCUT2D eigenvalue weighted by Crippen LogP contribution is -2.35. The number of carbonyl (C=O) groups excluding carboxylic acids is 1. The first-order valence-corrected chi connectivity index (χ1v) is 11.0. The SMILES string of the molecule is O=C1COc2ccccc2CN1CCCCN1CCC(c2ccc(Cl)cc2)CC1. The van der Waals surface area contributed by atoms with Crippen LogP contribution in [0.2, 0.25) is 5.02 Å². The Morgan fingerprint density at radius 1 is 0.966 bits per heavy atom. The van der Waals surface area contributed by atoms with Crippen LogP contribution < -0.4 is 4.74 Å². The zero-order chi connectivity index (χ0) is 20.1. The number of likely N-dealkylation sites (tertiary alicyclic amines) is 1. The minimum atomic E-state index is 0.0879. The van der Waals surface area contributed by atoms with Gasteiger partial charge in [0.1, 0.15) is 5.75 Å². The van der Waals surface area contributed by atoms with E-state index in [0.29, 0.717) is 12.5 Å². The average Bonchev–Trinajstić information content (AvgIpc) is 2.91. The molecule has 1 saturated heterocycles. The van der Waals surface area contributed by atoms with Crippen LogP contribution in [0.1, 0.15) is 42.7 Å². The van der Waals surface area contributed by atoms with Gasteiger partial charge in [0.25, 0.3) is 5.91 Å². The largest absolute Gasteiger partial charge is 0.483 e. The summed E-state index contributed by atoms with van der Waals surface area (Å²) in [5, 5.41) is 0.809. The normalized spacial score (nSPS) is 18.2. The molecule has 4 rings (SSSR count). The van der Waals surface area contributed by atoms with Gasteiger partial charge in [0.15, 0.2) is 6.61 Å². The first-order valence-electron chi connectivity index (χ1n) is 10.7. The number of benzene rings is 2. The molecule has 0 aromatic heterocycles. The Morgan fingerprint density at radius 3 is 2.48 bits per heavy atom. The number of piperidine rings is 1. The van der Waals surface area contributed by atoms with Crippen molar-refractivity contribution < 1.29 is 9.53 Å². The molecule has 0 N–H and O–H groups in total. The van der Waals surface area contributed by atoms with E-state index >= 15 is 0 Å². The van der Waals surface area contributed by atoms with Crippen molar-refractivity contribution in [3.63, 3.8) is 0 Å². The smallest absolute Gasteiger partial charge is 0.260 e. The third kappa shape index (κ3) is 5.31. The summed E-state index contributed by atoms with van der Waals surface area (Å²) in [7, 11) is 0. The number of fused-ring (bicyclic) bond motifs is 1. The molecule has 0 bridgehead atoms. The number of hydrogen-bond acceptors (Lipinski definition) is 3. The van der Waals surface area contributed by atoms with Crippen LogP contribution in [0.15, 0.2) is 48.5 Å². The van der Waals surface area contributed by atoms with Crippen molar-refractivity contribution in [3.05, 3.63) is 64.7 Å². The number of nitrogens with zero attached hydrogens (tertiary/aromatic N) is 2.